The van der Waals surface area contributed by atoms with Gasteiger partial charge in [0.05, 0.1) is 10.7 Å². The van der Waals surface area contributed by atoms with E-state index >= 15 is 0 Å². The Morgan fingerprint density at radius 3 is 2.62 bits per heavy atom. The maximum atomic E-state index is 12.5. The van der Waals surface area contributed by atoms with Crippen LogP contribution < -0.4 is 10.5 Å². The normalized spacial score (nSPS) is 11.4. The van der Waals surface area contributed by atoms with Crippen molar-refractivity contribution >= 4 is 33.0 Å². The lowest BCUT2D eigenvalue weighted by molar-refractivity contribution is 0.601. The van der Waals surface area contributed by atoms with Crippen molar-refractivity contribution in [3.05, 3.63) is 52.5 Å². The molecule has 0 spiro atoms. The van der Waals surface area contributed by atoms with Crippen LogP contribution in [-0.2, 0) is 16.4 Å². The Hall–Kier alpha value is -1.72. The molecule has 2 rings (SSSR count). The van der Waals surface area contributed by atoms with Gasteiger partial charge in [0, 0.05) is 5.69 Å². The Morgan fingerprint density at radius 2 is 1.95 bits per heavy atom. The molecule has 6 heteroatoms. The third kappa shape index (κ3) is 3.31. The zero-order chi connectivity index (χ0) is 15.6. The number of para-hydroxylation sites is 1. The van der Waals surface area contributed by atoms with Gasteiger partial charge in [0.2, 0.25) is 0 Å². The Bertz CT molecular complexity index is 773. The van der Waals surface area contributed by atoms with Gasteiger partial charge in [-0.25, -0.2) is 8.42 Å². The molecule has 0 aliphatic rings. The molecule has 4 nitrogen and oxygen atoms in total. The number of halogens is 1. The Morgan fingerprint density at radius 1 is 1.24 bits per heavy atom. The maximum absolute atomic E-state index is 12.5. The number of sulfonamides is 1. The molecule has 0 heterocycles. The zero-order valence-electron chi connectivity index (χ0n) is 11.9. The summed E-state index contributed by atoms with van der Waals surface area (Å²) in [6.07, 6.45) is 0.726. The van der Waals surface area contributed by atoms with Crippen molar-refractivity contribution in [3.63, 3.8) is 0 Å². The van der Waals surface area contributed by atoms with Gasteiger partial charge in [0.25, 0.3) is 10.0 Å². The minimum Gasteiger partial charge on any atom is -0.399 e. The molecule has 0 aliphatic carbocycles. The van der Waals surface area contributed by atoms with Crippen LogP contribution in [0.1, 0.15) is 18.1 Å². The number of aryl methyl sites for hydroxylation is 2. The van der Waals surface area contributed by atoms with E-state index in [2.05, 4.69) is 4.72 Å². The van der Waals surface area contributed by atoms with Crippen LogP contribution in [0.2, 0.25) is 5.02 Å². The minimum absolute atomic E-state index is 0.0190. The molecule has 112 valence electrons. The largest absolute Gasteiger partial charge is 0.399 e. The van der Waals surface area contributed by atoms with Crippen LogP contribution in [0, 0.1) is 6.92 Å². The van der Waals surface area contributed by atoms with Gasteiger partial charge in [-0.2, -0.15) is 0 Å². The van der Waals surface area contributed by atoms with Crippen molar-refractivity contribution in [1.82, 2.24) is 0 Å². The second-order valence-corrected chi connectivity index (χ2v) is 6.82. The van der Waals surface area contributed by atoms with Gasteiger partial charge in [-0.3, -0.25) is 4.72 Å². The van der Waals surface area contributed by atoms with Crippen LogP contribution in [0.3, 0.4) is 0 Å². The first kappa shape index (κ1) is 15.7. The number of anilines is 2. The molecule has 0 amide bonds. The smallest absolute Gasteiger partial charge is 0.263 e. The summed E-state index contributed by atoms with van der Waals surface area (Å²) in [6.45, 7) is 3.83. The van der Waals surface area contributed by atoms with E-state index in [4.69, 9.17) is 17.3 Å². The van der Waals surface area contributed by atoms with Gasteiger partial charge in [-0.1, -0.05) is 36.7 Å². The van der Waals surface area contributed by atoms with Crippen molar-refractivity contribution in [2.24, 2.45) is 0 Å². The molecule has 3 N–H and O–H groups in total. The quantitative estimate of drug-likeness (QED) is 0.844. The Kier molecular flexibility index (Phi) is 4.44. The molecule has 0 fully saturated rings. The molecular weight excluding hydrogens is 308 g/mol. The van der Waals surface area contributed by atoms with Crippen molar-refractivity contribution in [3.8, 4) is 0 Å². The predicted octanol–water partition coefficient (Wildman–Crippen LogP) is 3.59. The van der Waals surface area contributed by atoms with Gasteiger partial charge >= 0.3 is 0 Å². The van der Waals surface area contributed by atoms with E-state index in [9.17, 15) is 8.42 Å². The number of hydrogen-bond donors (Lipinski definition) is 2. The summed E-state index contributed by atoms with van der Waals surface area (Å²) in [5, 5.41) is 0.142. The van der Waals surface area contributed by atoms with Crippen LogP contribution in [0.5, 0.6) is 0 Å². The molecule has 0 saturated heterocycles. The molecule has 0 bridgehead atoms. The summed E-state index contributed by atoms with van der Waals surface area (Å²) in [4.78, 5) is -0.0190. The second-order valence-electron chi connectivity index (χ2n) is 4.76. The fourth-order valence-corrected chi connectivity index (χ4v) is 3.79. The number of hydrogen-bond acceptors (Lipinski definition) is 3. The lowest BCUT2D eigenvalue weighted by Crippen LogP contribution is -2.16. The van der Waals surface area contributed by atoms with Gasteiger partial charge in [0.1, 0.15) is 4.90 Å². The summed E-state index contributed by atoms with van der Waals surface area (Å²) in [5.41, 5.74) is 8.38. The Balaban J connectivity index is 2.50. The first-order chi connectivity index (χ1) is 9.85. The zero-order valence-corrected chi connectivity index (χ0v) is 13.4. The summed E-state index contributed by atoms with van der Waals surface area (Å²) < 4.78 is 27.7. The van der Waals surface area contributed by atoms with Gasteiger partial charge in [-0.15, -0.1) is 0 Å². The van der Waals surface area contributed by atoms with E-state index in [0.717, 1.165) is 17.5 Å². The summed E-state index contributed by atoms with van der Waals surface area (Å²) in [7, 11) is -3.78. The number of nitrogen functional groups attached to an aromatic ring is 1. The van der Waals surface area contributed by atoms with E-state index in [1.165, 1.54) is 12.1 Å². The van der Waals surface area contributed by atoms with E-state index in [0.29, 0.717) is 11.4 Å². The molecule has 2 aromatic carbocycles. The van der Waals surface area contributed by atoms with Crippen LogP contribution in [0.15, 0.2) is 41.3 Å². The fraction of sp³-hybridized carbons (Fsp3) is 0.200. The van der Waals surface area contributed by atoms with Gasteiger partial charge in [0.15, 0.2) is 0 Å². The van der Waals surface area contributed by atoms with Crippen molar-refractivity contribution in [2.75, 3.05) is 10.5 Å². The topological polar surface area (TPSA) is 72.2 Å². The number of benzene rings is 2. The molecule has 0 radical (unpaired) electrons. The lowest BCUT2D eigenvalue weighted by atomic mass is 10.1. The third-order valence-electron chi connectivity index (χ3n) is 3.22. The van der Waals surface area contributed by atoms with Crippen molar-refractivity contribution in [1.29, 1.82) is 0 Å². The maximum Gasteiger partial charge on any atom is 0.263 e. The minimum atomic E-state index is -3.78. The summed E-state index contributed by atoms with van der Waals surface area (Å²) in [5.74, 6) is 0. The van der Waals surface area contributed by atoms with Crippen molar-refractivity contribution in [2.45, 2.75) is 25.2 Å². The summed E-state index contributed by atoms with van der Waals surface area (Å²) >= 11 is 5.99. The lowest BCUT2D eigenvalue weighted by Gasteiger charge is -2.15. The Labute approximate surface area is 130 Å². The highest BCUT2D eigenvalue weighted by Crippen LogP contribution is 2.28. The molecule has 0 atom stereocenters. The molecule has 0 aliphatic heterocycles. The predicted molar refractivity (Wildman–Crippen MR) is 87.2 cm³/mol. The van der Waals surface area contributed by atoms with E-state index < -0.39 is 10.0 Å². The van der Waals surface area contributed by atoms with Crippen LogP contribution in [0.4, 0.5) is 11.4 Å². The second kappa shape index (κ2) is 5.95. The SMILES string of the molecule is CCc1cccc(C)c1NS(=O)(=O)c1cc(N)ccc1Cl. The van der Waals surface area contributed by atoms with Crippen LogP contribution in [0.25, 0.3) is 0 Å². The first-order valence-corrected chi connectivity index (χ1v) is 8.37. The van der Waals surface area contributed by atoms with E-state index in [-0.39, 0.29) is 9.92 Å². The highest BCUT2D eigenvalue weighted by atomic mass is 35.5. The van der Waals surface area contributed by atoms with Gasteiger partial charge in [-0.05, 0) is 42.7 Å². The first-order valence-electron chi connectivity index (χ1n) is 6.51. The standard InChI is InChI=1S/C15H17ClN2O2S/c1-3-11-6-4-5-10(2)15(11)18-21(19,20)14-9-12(17)7-8-13(14)16/h4-9,18H,3,17H2,1-2H3. The van der Waals surface area contributed by atoms with Crippen molar-refractivity contribution < 1.29 is 8.42 Å². The number of rotatable bonds is 4. The van der Waals surface area contributed by atoms with E-state index in [1.807, 2.05) is 32.0 Å². The van der Waals surface area contributed by atoms with Gasteiger partial charge < -0.3 is 5.73 Å². The van der Waals surface area contributed by atoms with Crippen LogP contribution >= 0.6 is 11.6 Å². The van der Waals surface area contributed by atoms with Crippen LogP contribution in [-0.4, -0.2) is 8.42 Å². The monoisotopic (exact) mass is 324 g/mol. The average molecular weight is 325 g/mol. The molecular formula is C15H17ClN2O2S. The fourth-order valence-electron chi connectivity index (χ4n) is 2.08. The highest BCUT2D eigenvalue weighted by molar-refractivity contribution is 7.92. The summed E-state index contributed by atoms with van der Waals surface area (Å²) in [6, 6.07) is 10.1. The molecule has 0 saturated carbocycles. The third-order valence-corrected chi connectivity index (χ3v) is 5.05. The molecule has 21 heavy (non-hydrogen) atoms. The highest BCUT2D eigenvalue weighted by Gasteiger charge is 2.20. The van der Waals surface area contributed by atoms with E-state index in [1.54, 1.807) is 6.07 Å². The molecule has 0 aromatic heterocycles. The number of nitrogens with two attached hydrogens (primary N) is 1. The molecule has 2 aromatic rings. The average Bonchev–Trinajstić information content (AvgIpc) is 2.43. The molecule has 0 unspecified atom stereocenters. The number of nitrogens with one attached hydrogen (secondary N) is 1.